The summed E-state index contributed by atoms with van der Waals surface area (Å²) in [5, 5.41) is 5.19. The van der Waals surface area contributed by atoms with E-state index in [1.165, 1.54) is 0 Å². The Bertz CT molecular complexity index is 1130. The van der Waals surface area contributed by atoms with Crippen LogP contribution in [0.3, 0.4) is 0 Å². The summed E-state index contributed by atoms with van der Waals surface area (Å²) in [4.78, 5) is 46.1. The van der Waals surface area contributed by atoms with Crippen LogP contribution in [0.2, 0.25) is 0 Å². The summed E-state index contributed by atoms with van der Waals surface area (Å²) < 4.78 is 0. The Morgan fingerprint density at radius 3 is 2.63 bits per heavy atom. The fraction of sp³-hybridized carbons (Fsp3) is 0.481. The molecule has 3 heterocycles. The van der Waals surface area contributed by atoms with Gasteiger partial charge in [-0.2, -0.15) is 0 Å². The smallest absolute Gasteiger partial charge is 0.322 e. The van der Waals surface area contributed by atoms with Crippen LogP contribution < -0.4 is 15.5 Å². The molecular weight excluding hydrogens is 442 g/mol. The second-order valence-corrected chi connectivity index (χ2v) is 10.3. The van der Waals surface area contributed by atoms with Crippen LogP contribution in [0, 0.1) is 12.8 Å². The maximum atomic E-state index is 13.1. The molecule has 0 spiro atoms. The van der Waals surface area contributed by atoms with E-state index in [0.717, 1.165) is 41.9 Å². The minimum absolute atomic E-state index is 0.0418. The zero-order chi connectivity index (χ0) is 24.6. The van der Waals surface area contributed by atoms with E-state index in [9.17, 15) is 14.4 Å². The van der Waals surface area contributed by atoms with E-state index in [4.69, 9.17) is 0 Å². The zero-order valence-electron chi connectivity index (χ0n) is 20.4. The highest BCUT2D eigenvalue weighted by molar-refractivity contribution is 6.07. The Balaban J connectivity index is 1.21. The van der Waals surface area contributed by atoms with E-state index in [1.807, 2.05) is 24.1 Å². The second-order valence-electron chi connectivity index (χ2n) is 10.3. The number of hydrogen-bond donors (Lipinski definition) is 2. The van der Waals surface area contributed by atoms with Gasteiger partial charge in [-0.05, 0) is 56.4 Å². The van der Waals surface area contributed by atoms with Gasteiger partial charge in [-0.15, -0.1) is 0 Å². The second kappa shape index (κ2) is 9.32. The standard InChI is InChI=1S/C27H33N5O3/c1-18-6-9-22(16-28-18)21-4-3-5-23(14-21)32-13-12-31(17-19(32)2)24(33)10-11-27(15-20-7-8-20)25(34)29-26(35)30-27/h3-6,9,14,16,19-20H,7-8,10-13,15,17H2,1-2H3,(H2,29,30,34,35)/t19-,27+/m0/s1. The highest BCUT2D eigenvalue weighted by Crippen LogP contribution is 2.39. The van der Waals surface area contributed by atoms with Gasteiger partial charge in [-0.3, -0.25) is 19.9 Å². The molecule has 4 amide bonds. The van der Waals surface area contributed by atoms with Crippen molar-refractivity contribution in [3.05, 3.63) is 48.3 Å². The Labute approximate surface area is 206 Å². The van der Waals surface area contributed by atoms with Crippen LogP contribution in [-0.4, -0.2) is 58.9 Å². The minimum atomic E-state index is -0.938. The summed E-state index contributed by atoms with van der Waals surface area (Å²) in [5.41, 5.74) is 3.40. The summed E-state index contributed by atoms with van der Waals surface area (Å²) in [6, 6.07) is 12.3. The number of urea groups is 1. The number of imide groups is 1. The van der Waals surface area contributed by atoms with Crippen LogP contribution in [0.5, 0.6) is 0 Å². The topological polar surface area (TPSA) is 94.6 Å². The van der Waals surface area contributed by atoms with Crippen molar-refractivity contribution in [3.63, 3.8) is 0 Å². The first kappa shape index (κ1) is 23.3. The highest BCUT2D eigenvalue weighted by Gasteiger charge is 2.49. The molecule has 8 heteroatoms. The number of carbonyl (C=O) groups is 3. The minimum Gasteiger partial charge on any atom is -0.365 e. The fourth-order valence-corrected chi connectivity index (χ4v) is 5.31. The molecule has 2 N–H and O–H groups in total. The molecule has 0 bridgehead atoms. The van der Waals surface area contributed by atoms with E-state index in [-0.39, 0.29) is 24.3 Å². The lowest BCUT2D eigenvalue weighted by Crippen LogP contribution is -2.54. The molecule has 3 fully saturated rings. The molecule has 2 atom stereocenters. The van der Waals surface area contributed by atoms with Crippen LogP contribution in [0.1, 0.15) is 44.7 Å². The van der Waals surface area contributed by atoms with Crippen molar-refractivity contribution >= 4 is 23.5 Å². The monoisotopic (exact) mass is 475 g/mol. The Morgan fingerprint density at radius 2 is 1.97 bits per heavy atom. The lowest BCUT2D eigenvalue weighted by Gasteiger charge is -2.41. The Morgan fingerprint density at radius 1 is 1.14 bits per heavy atom. The number of amides is 4. The van der Waals surface area contributed by atoms with E-state index < -0.39 is 11.6 Å². The maximum absolute atomic E-state index is 13.1. The number of aromatic nitrogens is 1. The third-order valence-corrected chi connectivity index (χ3v) is 7.52. The van der Waals surface area contributed by atoms with Crippen molar-refractivity contribution in [2.75, 3.05) is 24.5 Å². The first-order chi connectivity index (χ1) is 16.8. The quantitative estimate of drug-likeness (QED) is 0.600. The number of rotatable bonds is 7. The molecule has 1 aliphatic carbocycles. The van der Waals surface area contributed by atoms with Gasteiger partial charge in [0.25, 0.3) is 5.91 Å². The molecule has 2 saturated heterocycles. The maximum Gasteiger partial charge on any atom is 0.322 e. The van der Waals surface area contributed by atoms with E-state index >= 15 is 0 Å². The van der Waals surface area contributed by atoms with Gasteiger partial charge in [0, 0.05) is 55.2 Å². The van der Waals surface area contributed by atoms with Gasteiger partial charge < -0.3 is 15.1 Å². The van der Waals surface area contributed by atoms with Crippen molar-refractivity contribution in [2.24, 2.45) is 5.92 Å². The van der Waals surface area contributed by atoms with E-state index in [1.54, 1.807) is 0 Å². The largest absolute Gasteiger partial charge is 0.365 e. The summed E-state index contributed by atoms with van der Waals surface area (Å²) in [6.07, 6.45) is 5.29. The summed E-state index contributed by atoms with van der Waals surface area (Å²) in [7, 11) is 0. The first-order valence-electron chi connectivity index (χ1n) is 12.5. The fourth-order valence-electron chi connectivity index (χ4n) is 5.31. The molecule has 5 rings (SSSR count). The van der Waals surface area contributed by atoms with Crippen molar-refractivity contribution in [1.29, 1.82) is 0 Å². The third kappa shape index (κ3) is 5.01. The zero-order valence-corrected chi connectivity index (χ0v) is 20.4. The molecule has 8 nitrogen and oxygen atoms in total. The number of pyridine rings is 1. The molecular formula is C27H33N5O3. The summed E-state index contributed by atoms with van der Waals surface area (Å²) in [6.45, 7) is 6.12. The number of hydrogen-bond acceptors (Lipinski definition) is 5. The number of anilines is 1. The molecule has 184 valence electrons. The van der Waals surface area contributed by atoms with Gasteiger partial charge in [0.2, 0.25) is 5.91 Å². The number of aryl methyl sites for hydroxylation is 1. The number of nitrogens with one attached hydrogen (secondary N) is 2. The molecule has 1 saturated carbocycles. The van der Waals surface area contributed by atoms with Crippen LogP contribution in [0.4, 0.5) is 10.5 Å². The van der Waals surface area contributed by atoms with Crippen molar-refractivity contribution in [2.45, 2.75) is 57.5 Å². The normalized spacial score (nSPS) is 24.3. The van der Waals surface area contributed by atoms with Crippen LogP contribution >= 0.6 is 0 Å². The predicted molar refractivity (Wildman–Crippen MR) is 134 cm³/mol. The van der Waals surface area contributed by atoms with Gasteiger partial charge >= 0.3 is 6.03 Å². The first-order valence-corrected chi connectivity index (χ1v) is 12.5. The van der Waals surface area contributed by atoms with Crippen LogP contribution in [0.15, 0.2) is 42.6 Å². The summed E-state index contributed by atoms with van der Waals surface area (Å²) in [5.74, 6) is 0.216. The van der Waals surface area contributed by atoms with E-state index in [0.29, 0.717) is 31.8 Å². The van der Waals surface area contributed by atoms with Gasteiger partial charge in [-0.1, -0.05) is 31.0 Å². The highest BCUT2D eigenvalue weighted by atomic mass is 16.2. The van der Waals surface area contributed by atoms with Gasteiger partial charge in [0.05, 0.1) is 0 Å². The molecule has 3 aliphatic rings. The molecule has 0 radical (unpaired) electrons. The van der Waals surface area contributed by atoms with Crippen LogP contribution in [-0.2, 0) is 9.59 Å². The summed E-state index contributed by atoms with van der Waals surface area (Å²) >= 11 is 0. The van der Waals surface area contributed by atoms with Gasteiger partial charge in [-0.25, -0.2) is 4.79 Å². The lowest BCUT2D eigenvalue weighted by atomic mass is 9.87. The van der Waals surface area contributed by atoms with Crippen molar-refractivity contribution < 1.29 is 14.4 Å². The SMILES string of the molecule is Cc1ccc(-c2cccc(N3CCN(C(=O)CC[C@]4(CC5CC5)NC(=O)NC4=O)C[C@@H]3C)c2)cn1. The number of carbonyl (C=O) groups excluding carboxylic acids is 3. The molecule has 1 aromatic carbocycles. The number of nitrogens with zero attached hydrogens (tertiary/aromatic N) is 3. The van der Waals surface area contributed by atoms with Gasteiger partial charge in [0.1, 0.15) is 5.54 Å². The molecule has 0 unspecified atom stereocenters. The number of benzene rings is 1. The molecule has 35 heavy (non-hydrogen) atoms. The average molecular weight is 476 g/mol. The molecule has 2 aromatic rings. The Kier molecular flexibility index (Phi) is 6.21. The Hall–Kier alpha value is -3.42. The van der Waals surface area contributed by atoms with E-state index in [2.05, 4.69) is 57.8 Å². The third-order valence-electron chi connectivity index (χ3n) is 7.52. The number of piperazine rings is 1. The lowest BCUT2D eigenvalue weighted by molar-refractivity contribution is -0.133. The molecule has 2 aliphatic heterocycles. The average Bonchev–Trinajstić information content (AvgIpc) is 3.61. The van der Waals surface area contributed by atoms with Crippen molar-refractivity contribution in [3.8, 4) is 11.1 Å². The van der Waals surface area contributed by atoms with Crippen molar-refractivity contribution in [1.82, 2.24) is 20.5 Å². The molecule has 1 aromatic heterocycles. The predicted octanol–water partition coefficient (Wildman–Crippen LogP) is 3.25. The van der Waals surface area contributed by atoms with Crippen LogP contribution in [0.25, 0.3) is 11.1 Å². The van der Waals surface area contributed by atoms with Gasteiger partial charge in [0.15, 0.2) is 0 Å².